The van der Waals surface area contributed by atoms with Crippen LogP contribution in [0.25, 0.3) is 0 Å². The Kier molecular flexibility index (Phi) is 3.43. The third kappa shape index (κ3) is 2.25. The van der Waals surface area contributed by atoms with Crippen molar-refractivity contribution in [2.75, 3.05) is 5.32 Å². The van der Waals surface area contributed by atoms with Gasteiger partial charge in [-0.05, 0) is 23.3 Å². The molecule has 0 unspecified atom stereocenters. The fourth-order valence-electron chi connectivity index (χ4n) is 2.97. The summed E-state index contributed by atoms with van der Waals surface area (Å²) < 4.78 is -0.767. The number of benzene rings is 3. The standard InChI is InChI=1S/C20H15NOS/c22-19-20(15-9-3-1-4-10-15,16-11-5-2-6-12-16)23-18-14-8-7-13-17(18)21-19/h1-14H,(H,21,22). The van der Waals surface area contributed by atoms with Gasteiger partial charge in [-0.3, -0.25) is 4.79 Å². The lowest BCUT2D eigenvalue weighted by Crippen LogP contribution is -2.41. The molecule has 1 aliphatic heterocycles. The van der Waals surface area contributed by atoms with Gasteiger partial charge in [-0.25, -0.2) is 0 Å². The molecule has 2 nitrogen and oxygen atoms in total. The minimum Gasteiger partial charge on any atom is -0.323 e. The molecular formula is C20H15NOS. The summed E-state index contributed by atoms with van der Waals surface area (Å²) in [6.07, 6.45) is 0. The summed E-state index contributed by atoms with van der Waals surface area (Å²) in [4.78, 5) is 14.2. The molecule has 1 amide bonds. The molecule has 0 radical (unpaired) electrons. The Morgan fingerprint density at radius 1 is 0.696 bits per heavy atom. The second kappa shape index (κ2) is 5.60. The van der Waals surface area contributed by atoms with Gasteiger partial charge in [-0.2, -0.15) is 0 Å². The highest BCUT2D eigenvalue weighted by Gasteiger charge is 2.46. The Morgan fingerprint density at radius 2 is 1.22 bits per heavy atom. The van der Waals surface area contributed by atoms with Crippen LogP contribution in [0.5, 0.6) is 0 Å². The molecule has 3 heteroatoms. The van der Waals surface area contributed by atoms with E-state index in [0.717, 1.165) is 21.7 Å². The first-order valence-corrected chi connectivity index (χ1v) is 8.33. The Bertz CT molecular complexity index is 806. The van der Waals surface area contributed by atoms with Gasteiger partial charge in [0.15, 0.2) is 0 Å². The van der Waals surface area contributed by atoms with Crippen molar-refractivity contribution in [1.82, 2.24) is 0 Å². The molecule has 0 spiro atoms. The van der Waals surface area contributed by atoms with Crippen LogP contribution in [0.15, 0.2) is 89.8 Å². The first kappa shape index (κ1) is 14.1. The lowest BCUT2D eigenvalue weighted by Gasteiger charge is -2.37. The molecule has 0 saturated carbocycles. The summed E-state index contributed by atoms with van der Waals surface area (Å²) in [7, 11) is 0. The van der Waals surface area contributed by atoms with Gasteiger partial charge in [0.1, 0.15) is 4.75 Å². The van der Waals surface area contributed by atoms with Crippen molar-refractivity contribution in [3.8, 4) is 0 Å². The van der Waals surface area contributed by atoms with Crippen LogP contribution in [0, 0.1) is 0 Å². The Balaban J connectivity index is 1.96. The summed E-state index contributed by atoms with van der Waals surface area (Å²) in [6, 6.07) is 27.9. The molecule has 0 saturated heterocycles. The highest BCUT2D eigenvalue weighted by Crippen LogP contribution is 2.52. The number of para-hydroxylation sites is 1. The van der Waals surface area contributed by atoms with Gasteiger partial charge in [0.25, 0.3) is 0 Å². The molecule has 3 aromatic rings. The van der Waals surface area contributed by atoms with Crippen LogP contribution >= 0.6 is 11.8 Å². The SMILES string of the molecule is O=C1Nc2ccccc2SC1(c1ccccc1)c1ccccc1. The van der Waals surface area contributed by atoms with Crippen molar-refractivity contribution >= 4 is 23.4 Å². The largest absolute Gasteiger partial charge is 0.323 e. The Morgan fingerprint density at radius 3 is 1.83 bits per heavy atom. The number of anilines is 1. The number of fused-ring (bicyclic) bond motifs is 1. The fraction of sp³-hybridized carbons (Fsp3) is 0.0500. The fourth-order valence-corrected chi connectivity index (χ4v) is 4.33. The zero-order chi connectivity index (χ0) is 15.7. The van der Waals surface area contributed by atoms with Gasteiger partial charge in [-0.15, -0.1) is 0 Å². The second-order valence-electron chi connectivity index (χ2n) is 5.47. The van der Waals surface area contributed by atoms with E-state index in [2.05, 4.69) is 11.4 Å². The predicted molar refractivity (Wildman–Crippen MR) is 94.6 cm³/mol. The van der Waals surface area contributed by atoms with E-state index in [1.165, 1.54) is 0 Å². The number of thioether (sulfide) groups is 1. The normalized spacial score (nSPS) is 15.6. The Labute approximate surface area is 139 Å². The van der Waals surface area contributed by atoms with Crippen LogP contribution in [-0.4, -0.2) is 5.91 Å². The number of carbonyl (C=O) groups excluding carboxylic acids is 1. The number of rotatable bonds is 2. The van der Waals surface area contributed by atoms with Crippen LogP contribution in [0.1, 0.15) is 11.1 Å². The quantitative estimate of drug-likeness (QED) is 0.744. The van der Waals surface area contributed by atoms with E-state index in [0.29, 0.717) is 0 Å². The number of hydrogen-bond acceptors (Lipinski definition) is 2. The van der Waals surface area contributed by atoms with Crippen LogP contribution < -0.4 is 5.32 Å². The van der Waals surface area contributed by atoms with Gasteiger partial charge < -0.3 is 5.32 Å². The third-order valence-corrected chi connectivity index (χ3v) is 5.62. The summed E-state index contributed by atoms with van der Waals surface area (Å²) >= 11 is 1.61. The van der Waals surface area contributed by atoms with Crippen LogP contribution in [-0.2, 0) is 9.54 Å². The Hall–Kier alpha value is -2.52. The molecule has 3 aromatic carbocycles. The molecular weight excluding hydrogens is 302 g/mol. The maximum atomic E-state index is 13.1. The van der Waals surface area contributed by atoms with Crippen LogP contribution in [0.2, 0.25) is 0 Å². The molecule has 1 aliphatic rings. The smallest absolute Gasteiger partial charge is 0.250 e. The van der Waals surface area contributed by atoms with E-state index in [1.807, 2.05) is 78.9 Å². The minimum absolute atomic E-state index is 0.00130. The molecule has 1 N–H and O–H groups in total. The van der Waals surface area contributed by atoms with Crippen molar-refractivity contribution in [2.45, 2.75) is 9.64 Å². The summed E-state index contributed by atoms with van der Waals surface area (Å²) in [5, 5.41) is 3.09. The van der Waals surface area contributed by atoms with Crippen LogP contribution in [0.3, 0.4) is 0 Å². The molecule has 23 heavy (non-hydrogen) atoms. The second-order valence-corrected chi connectivity index (χ2v) is 6.72. The minimum atomic E-state index is -0.767. The zero-order valence-corrected chi connectivity index (χ0v) is 13.2. The van der Waals surface area contributed by atoms with Gasteiger partial charge in [-0.1, -0.05) is 84.6 Å². The molecule has 0 aliphatic carbocycles. The maximum absolute atomic E-state index is 13.1. The third-order valence-electron chi connectivity index (χ3n) is 4.08. The molecule has 0 bridgehead atoms. The summed E-state index contributed by atoms with van der Waals surface area (Å²) in [5.41, 5.74) is 2.86. The maximum Gasteiger partial charge on any atom is 0.250 e. The lowest BCUT2D eigenvalue weighted by molar-refractivity contribution is -0.117. The van der Waals surface area contributed by atoms with E-state index < -0.39 is 4.75 Å². The number of amides is 1. The molecule has 1 heterocycles. The zero-order valence-electron chi connectivity index (χ0n) is 12.4. The molecule has 4 rings (SSSR count). The highest BCUT2D eigenvalue weighted by molar-refractivity contribution is 8.01. The van der Waals surface area contributed by atoms with E-state index >= 15 is 0 Å². The molecule has 112 valence electrons. The van der Waals surface area contributed by atoms with Gasteiger partial charge in [0.05, 0.1) is 5.69 Å². The average Bonchev–Trinajstić information content (AvgIpc) is 2.62. The van der Waals surface area contributed by atoms with E-state index in [1.54, 1.807) is 11.8 Å². The predicted octanol–water partition coefficient (Wildman–Crippen LogP) is 4.67. The summed E-state index contributed by atoms with van der Waals surface area (Å²) in [6.45, 7) is 0. The monoisotopic (exact) mass is 317 g/mol. The van der Waals surface area contributed by atoms with Gasteiger partial charge in [0.2, 0.25) is 5.91 Å². The summed E-state index contributed by atoms with van der Waals surface area (Å²) in [5.74, 6) is -0.00130. The first-order chi connectivity index (χ1) is 11.3. The number of nitrogens with one attached hydrogen (secondary N) is 1. The van der Waals surface area contributed by atoms with Crippen molar-refractivity contribution in [3.63, 3.8) is 0 Å². The van der Waals surface area contributed by atoms with Gasteiger partial charge >= 0.3 is 0 Å². The number of carbonyl (C=O) groups is 1. The molecule has 0 aromatic heterocycles. The molecule has 0 fully saturated rings. The molecule has 0 atom stereocenters. The van der Waals surface area contributed by atoms with Crippen LogP contribution in [0.4, 0.5) is 5.69 Å². The van der Waals surface area contributed by atoms with Crippen molar-refractivity contribution in [2.24, 2.45) is 0 Å². The average molecular weight is 317 g/mol. The highest BCUT2D eigenvalue weighted by atomic mass is 32.2. The first-order valence-electron chi connectivity index (χ1n) is 7.51. The van der Waals surface area contributed by atoms with Crippen molar-refractivity contribution in [3.05, 3.63) is 96.1 Å². The lowest BCUT2D eigenvalue weighted by atomic mass is 9.89. The van der Waals surface area contributed by atoms with Crippen molar-refractivity contribution in [1.29, 1.82) is 0 Å². The van der Waals surface area contributed by atoms with Crippen molar-refractivity contribution < 1.29 is 4.79 Å². The van der Waals surface area contributed by atoms with E-state index in [4.69, 9.17) is 0 Å². The topological polar surface area (TPSA) is 29.1 Å². The van der Waals surface area contributed by atoms with E-state index in [-0.39, 0.29) is 5.91 Å². The van der Waals surface area contributed by atoms with Gasteiger partial charge in [0, 0.05) is 4.90 Å². The number of hydrogen-bond donors (Lipinski definition) is 1. The van der Waals surface area contributed by atoms with E-state index in [9.17, 15) is 4.79 Å².